The summed E-state index contributed by atoms with van der Waals surface area (Å²) in [5, 5.41) is 2.74. The summed E-state index contributed by atoms with van der Waals surface area (Å²) in [6, 6.07) is 13.3. The first-order valence-electron chi connectivity index (χ1n) is 10.4. The van der Waals surface area contributed by atoms with E-state index < -0.39 is 10.0 Å². The van der Waals surface area contributed by atoms with Crippen LogP contribution in [0.3, 0.4) is 0 Å². The lowest BCUT2D eigenvalue weighted by Crippen LogP contribution is -2.31. The molecule has 1 aromatic heterocycles. The summed E-state index contributed by atoms with van der Waals surface area (Å²) in [5.41, 5.74) is 1.67. The van der Waals surface area contributed by atoms with Crippen molar-refractivity contribution in [3.8, 4) is 5.75 Å². The van der Waals surface area contributed by atoms with E-state index in [1.54, 1.807) is 42.5 Å². The van der Waals surface area contributed by atoms with E-state index in [2.05, 4.69) is 14.9 Å². The van der Waals surface area contributed by atoms with Crippen molar-refractivity contribution >= 4 is 33.0 Å². The number of carbonyl (C=O) groups is 1. The molecule has 1 saturated heterocycles. The fourth-order valence-corrected chi connectivity index (χ4v) is 5.05. The van der Waals surface area contributed by atoms with E-state index in [9.17, 15) is 13.2 Å². The Balaban J connectivity index is 1.71. The predicted molar refractivity (Wildman–Crippen MR) is 123 cm³/mol. The Morgan fingerprint density at radius 1 is 1.06 bits per heavy atom. The van der Waals surface area contributed by atoms with E-state index in [1.807, 2.05) is 0 Å². The highest BCUT2D eigenvalue weighted by Crippen LogP contribution is 2.33. The zero-order valence-corrected chi connectivity index (χ0v) is 18.5. The maximum atomic E-state index is 13.5. The molecule has 2 N–H and O–H groups in total. The van der Waals surface area contributed by atoms with Gasteiger partial charge in [-0.15, -0.1) is 0 Å². The van der Waals surface area contributed by atoms with Gasteiger partial charge in [-0.1, -0.05) is 12.1 Å². The van der Waals surface area contributed by atoms with Crippen molar-refractivity contribution in [1.29, 1.82) is 0 Å². The number of anilines is 3. The first-order valence-corrected chi connectivity index (χ1v) is 11.8. The number of rotatable bonds is 7. The first-order chi connectivity index (χ1) is 15.5. The quantitative estimate of drug-likeness (QED) is 0.550. The van der Waals surface area contributed by atoms with Crippen molar-refractivity contribution in [2.45, 2.75) is 24.2 Å². The molecule has 9 heteroatoms. The molecule has 4 rings (SSSR count). The average molecular weight is 456 g/mol. The number of ether oxygens (including phenoxy) is 1. The van der Waals surface area contributed by atoms with Crippen LogP contribution < -0.4 is 19.7 Å². The van der Waals surface area contributed by atoms with Crippen LogP contribution in [0.5, 0.6) is 5.75 Å². The SMILES string of the molecule is COc1ccccc1NS(=O)(=O)c1cc(NC(=O)c2ccoc2)ccc1N1CCCCC1. The van der Waals surface area contributed by atoms with Gasteiger partial charge in [-0.2, -0.15) is 0 Å². The normalized spacial score (nSPS) is 14.1. The summed E-state index contributed by atoms with van der Waals surface area (Å²) in [6.45, 7) is 1.55. The lowest BCUT2D eigenvalue weighted by atomic mass is 10.1. The van der Waals surface area contributed by atoms with E-state index in [4.69, 9.17) is 9.15 Å². The minimum absolute atomic E-state index is 0.0929. The molecule has 1 aliphatic rings. The maximum Gasteiger partial charge on any atom is 0.264 e. The summed E-state index contributed by atoms with van der Waals surface area (Å²) >= 11 is 0. The van der Waals surface area contributed by atoms with Crippen molar-refractivity contribution in [2.75, 3.05) is 35.1 Å². The summed E-state index contributed by atoms with van der Waals surface area (Å²) < 4.78 is 39.8. The molecule has 1 amide bonds. The molecule has 0 spiro atoms. The fraction of sp³-hybridized carbons (Fsp3) is 0.261. The van der Waals surface area contributed by atoms with Crippen LogP contribution in [0.15, 0.2) is 70.4 Å². The second-order valence-corrected chi connectivity index (χ2v) is 9.15. The minimum atomic E-state index is -3.98. The molecule has 0 unspecified atom stereocenters. The molecule has 8 nitrogen and oxygen atoms in total. The average Bonchev–Trinajstić information content (AvgIpc) is 3.35. The van der Waals surface area contributed by atoms with Crippen LogP contribution in [0.25, 0.3) is 0 Å². The molecule has 3 aromatic rings. The monoisotopic (exact) mass is 455 g/mol. The molecule has 2 aromatic carbocycles. The van der Waals surface area contributed by atoms with Gasteiger partial charge in [0.2, 0.25) is 0 Å². The Morgan fingerprint density at radius 2 is 1.84 bits per heavy atom. The number of para-hydroxylation sites is 2. The minimum Gasteiger partial charge on any atom is -0.495 e. The molecule has 0 aliphatic carbocycles. The number of sulfonamides is 1. The zero-order chi connectivity index (χ0) is 22.6. The van der Waals surface area contributed by atoms with Crippen molar-refractivity contribution in [3.05, 3.63) is 66.6 Å². The number of nitrogens with one attached hydrogen (secondary N) is 2. The molecule has 0 radical (unpaired) electrons. The predicted octanol–water partition coefficient (Wildman–Crippen LogP) is 4.33. The largest absolute Gasteiger partial charge is 0.495 e. The van der Waals surface area contributed by atoms with Crippen LogP contribution in [-0.2, 0) is 10.0 Å². The van der Waals surface area contributed by atoms with Crippen LogP contribution in [0.1, 0.15) is 29.6 Å². The lowest BCUT2D eigenvalue weighted by molar-refractivity contribution is 0.102. The third kappa shape index (κ3) is 4.72. The van der Waals surface area contributed by atoms with Crippen molar-refractivity contribution < 1.29 is 22.4 Å². The summed E-state index contributed by atoms with van der Waals surface area (Å²) in [6.07, 6.45) is 5.85. The third-order valence-corrected chi connectivity index (χ3v) is 6.73. The maximum absolute atomic E-state index is 13.5. The third-order valence-electron chi connectivity index (χ3n) is 5.34. The van der Waals surface area contributed by atoms with Crippen LogP contribution in [0.2, 0.25) is 0 Å². The topological polar surface area (TPSA) is 101 Å². The number of methoxy groups -OCH3 is 1. The molecule has 0 bridgehead atoms. The van der Waals surface area contributed by atoms with E-state index in [1.165, 1.54) is 25.7 Å². The number of hydrogen-bond acceptors (Lipinski definition) is 6. The molecule has 0 atom stereocenters. The van der Waals surface area contributed by atoms with E-state index in [0.717, 1.165) is 32.4 Å². The molecule has 1 fully saturated rings. The summed E-state index contributed by atoms with van der Waals surface area (Å²) in [5.74, 6) is 0.0329. The van der Waals surface area contributed by atoms with Gasteiger partial charge in [-0.25, -0.2) is 8.42 Å². The number of nitrogens with zero attached hydrogens (tertiary/aromatic N) is 1. The van der Waals surface area contributed by atoms with E-state index in [-0.39, 0.29) is 10.8 Å². The second-order valence-electron chi connectivity index (χ2n) is 7.50. The fourth-order valence-electron chi connectivity index (χ4n) is 3.73. The van der Waals surface area contributed by atoms with Gasteiger partial charge in [0.15, 0.2) is 0 Å². The Bertz CT molecular complexity index is 1190. The first kappa shape index (κ1) is 21.8. The summed E-state index contributed by atoms with van der Waals surface area (Å²) in [7, 11) is -2.50. The van der Waals surface area contributed by atoms with Crippen LogP contribution in [-0.4, -0.2) is 34.5 Å². The molecule has 168 valence electrons. The van der Waals surface area contributed by atoms with Gasteiger partial charge in [0, 0.05) is 18.8 Å². The van der Waals surface area contributed by atoms with E-state index >= 15 is 0 Å². The second kappa shape index (κ2) is 9.35. The Morgan fingerprint density at radius 3 is 2.56 bits per heavy atom. The van der Waals surface area contributed by atoms with Gasteiger partial charge in [-0.05, 0) is 55.7 Å². The standard InChI is InChI=1S/C23H25N3O5S/c1-30-21-8-4-3-7-19(21)25-32(28,29)22-15-18(24-23(27)17-11-14-31-16-17)9-10-20(22)26-12-5-2-6-13-26/h3-4,7-11,14-16,25H,2,5-6,12-13H2,1H3,(H,24,27). The van der Waals surface area contributed by atoms with Gasteiger partial charge >= 0.3 is 0 Å². The van der Waals surface area contributed by atoms with E-state index in [0.29, 0.717) is 28.4 Å². The number of furan rings is 1. The number of benzene rings is 2. The Kier molecular flexibility index (Phi) is 6.36. The summed E-state index contributed by atoms with van der Waals surface area (Å²) in [4.78, 5) is 14.6. The number of piperidine rings is 1. The molecule has 32 heavy (non-hydrogen) atoms. The van der Waals surface area contributed by atoms with Gasteiger partial charge in [0.05, 0.1) is 30.3 Å². The van der Waals surface area contributed by atoms with Crippen LogP contribution in [0, 0.1) is 0 Å². The van der Waals surface area contributed by atoms with Gasteiger partial charge in [-0.3, -0.25) is 9.52 Å². The Labute approximate surface area is 187 Å². The van der Waals surface area contributed by atoms with Crippen molar-refractivity contribution in [2.24, 2.45) is 0 Å². The zero-order valence-electron chi connectivity index (χ0n) is 17.7. The molecular weight excluding hydrogens is 430 g/mol. The molecule has 1 aliphatic heterocycles. The van der Waals surface area contributed by atoms with Crippen molar-refractivity contribution in [1.82, 2.24) is 0 Å². The van der Waals surface area contributed by atoms with Crippen LogP contribution >= 0.6 is 0 Å². The smallest absolute Gasteiger partial charge is 0.264 e. The van der Waals surface area contributed by atoms with Crippen LogP contribution in [0.4, 0.5) is 17.1 Å². The number of carbonyl (C=O) groups excluding carboxylic acids is 1. The van der Waals surface area contributed by atoms with Gasteiger partial charge in [0.1, 0.15) is 16.9 Å². The number of amides is 1. The van der Waals surface area contributed by atoms with Gasteiger partial charge < -0.3 is 19.4 Å². The Hall–Kier alpha value is -3.46. The highest BCUT2D eigenvalue weighted by molar-refractivity contribution is 7.93. The molecule has 2 heterocycles. The van der Waals surface area contributed by atoms with Crippen molar-refractivity contribution in [3.63, 3.8) is 0 Å². The molecule has 0 saturated carbocycles. The lowest BCUT2D eigenvalue weighted by Gasteiger charge is -2.30. The highest BCUT2D eigenvalue weighted by atomic mass is 32.2. The number of hydrogen-bond donors (Lipinski definition) is 2. The highest BCUT2D eigenvalue weighted by Gasteiger charge is 2.25. The van der Waals surface area contributed by atoms with Gasteiger partial charge in [0.25, 0.3) is 15.9 Å². The molecular formula is C23H25N3O5S.